The molecule has 1 saturated heterocycles. The Labute approximate surface area is 188 Å². The Kier molecular flexibility index (Phi) is 6.55. The number of carbonyl (C=O) groups is 3. The molecule has 3 amide bonds. The molecule has 4 rings (SSSR count). The van der Waals surface area contributed by atoms with Crippen LogP contribution in [0.4, 0.5) is 5.69 Å². The molecule has 1 atom stereocenters. The van der Waals surface area contributed by atoms with Crippen molar-refractivity contribution in [3.63, 3.8) is 0 Å². The van der Waals surface area contributed by atoms with Gasteiger partial charge < -0.3 is 19.9 Å². The third-order valence-electron chi connectivity index (χ3n) is 6.33. The Morgan fingerprint density at radius 3 is 2.53 bits per heavy atom. The van der Waals surface area contributed by atoms with Gasteiger partial charge >= 0.3 is 0 Å². The Morgan fingerprint density at radius 1 is 1.03 bits per heavy atom. The molecule has 0 spiro atoms. The summed E-state index contributed by atoms with van der Waals surface area (Å²) in [7, 11) is 0. The predicted molar refractivity (Wildman–Crippen MR) is 121 cm³/mol. The average molecular weight is 436 g/mol. The normalized spacial score (nSPS) is 18.1. The standard InChI is InChI=1S/C25H29N3O4/c1-17-20(25(31)27-12-14-32-15-13-27)8-5-9-22(17)26-24(30)16-23-21-7-4-3-6-19(21)10-11-28(23)18(2)29/h3-9,23H,10-16H2,1-2H3,(H,26,30). The second-order valence-electron chi connectivity index (χ2n) is 8.31. The quantitative estimate of drug-likeness (QED) is 0.801. The lowest BCUT2D eigenvalue weighted by molar-refractivity contribution is -0.132. The minimum atomic E-state index is -0.295. The Hall–Kier alpha value is -3.19. The molecule has 2 aromatic rings. The summed E-state index contributed by atoms with van der Waals surface area (Å²) in [5.74, 6) is -0.269. The highest BCUT2D eigenvalue weighted by atomic mass is 16.5. The zero-order chi connectivity index (χ0) is 22.7. The van der Waals surface area contributed by atoms with Gasteiger partial charge in [0.1, 0.15) is 0 Å². The number of hydrogen-bond acceptors (Lipinski definition) is 4. The number of ether oxygens (including phenoxy) is 1. The van der Waals surface area contributed by atoms with Crippen molar-refractivity contribution in [3.8, 4) is 0 Å². The van der Waals surface area contributed by atoms with Crippen molar-refractivity contribution in [2.45, 2.75) is 32.7 Å². The van der Waals surface area contributed by atoms with Crippen molar-refractivity contribution in [2.75, 3.05) is 38.2 Å². The second kappa shape index (κ2) is 9.53. The predicted octanol–water partition coefficient (Wildman–Crippen LogP) is 2.94. The van der Waals surface area contributed by atoms with Crippen molar-refractivity contribution in [1.29, 1.82) is 0 Å². The summed E-state index contributed by atoms with van der Waals surface area (Å²) in [6.07, 6.45) is 0.955. The van der Waals surface area contributed by atoms with Crippen LogP contribution in [0.2, 0.25) is 0 Å². The van der Waals surface area contributed by atoms with Crippen LogP contribution in [0, 0.1) is 6.92 Å². The minimum Gasteiger partial charge on any atom is -0.378 e. The van der Waals surface area contributed by atoms with Crippen molar-refractivity contribution < 1.29 is 19.1 Å². The summed E-state index contributed by atoms with van der Waals surface area (Å²) in [4.78, 5) is 41.8. The molecule has 7 nitrogen and oxygen atoms in total. The maximum atomic E-state index is 13.0. The fourth-order valence-corrected chi connectivity index (χ4v) is 4.57. The highest BCUT2D eigenvalue weighted by Gasteiger charge is 2.31. The van der Waals surface area contributed by atoms with Gasteiger partial charge in [0, 0.05) is 37.8 Å². The lowest BCUT2D eigenvalue weighted by atomic mass is 9.90. The molecule has 0 bridgehead atoms. The molecule has 32 heavy (non-hydrogen) atoms. The summed E-state index contributed by atoms with van der Waals surface area (Å²) in [6, 6.07) is 13.1. The van der Waals surface area contributed by atoms with Gasteiger partial charge in [-0.3, -0.25) is 14.4 Å². The zero-order valence-corrected chi connectivity index (χ0v) is 18.6. The van der Waals surface area contributed by atoms with Crippen LogP contribution in [0.1, 0.15) is 46.4 Å². The van der Waals surface area contributed by atoms with E-state index in [1.807, 2.05) is 25.1 Å². The summed E-state index contributed by atoms with van der Waals surface area (Å²) >= 11 is 0. The molecule has 7 heteroatoms. The molecule has 0 saturated carbocycles. The van der Waals surface area contributed by atoms with Crippen molar-refractivity contribution in [1.82, 2.24) is 9.80 Å². The van der Waals surface area contributed by atoms with Gasteiger partial charge in [0.15, 0.2) is 0 Å². The first-order valence-electron chi connectivity index (χ1n) is 11.1. The smallest absolute Gasteiger partial charge is 0.254 e. The zero-order valence-electron chi connectivity index (χ0n) is 18.6. The van der Waals surface area contributed by atoms with E-state index in [-0.39, 0.29) is 30.2 Å². The van der Waals surface area contributed by atoms with Crippen molar-refractivity contribution in [3.05, 3.63) is 64.7 Å². The monoisotopic (exact) mass is 435 g/mol. The van der Waals surface area contributed by atoms with E-state index >= 15 is 0 Å². The molecule has 0 aromatic heterocycles. The molecular weight excluding hydrogens is 406 g/mol. The molecule has 2 aromatic carbocycles. The summed E-state index contributed by atoms with van der Waals surface area (Å²) in [5, 5.41) is 2.97. The summed E-state index contributed by atoms with van der Waals surface area (Å²) in [5.41, 5.74) is 4.14. The highest BCUT2D eigenvalue weighted by Crippen LogP contribution is 2.33. The number of amides is 3. The fourth-order valence-electron chi connectivity index (χ4n) is 4.57. The van der Waals surface area contributed by atoms with Crippen LogP contribution in [0.5, 0.6) is 0 Å². The number of anilines is 1. The third kappa shape index (κ3) is 4.53. The van der Waals surface area contributed by atoms with Gasteiger partial charge in [0.2, 0.25) is 11.8 Å². The molecule has 2 aliphatic heterocycles. The SMILES string of the molecule is CC(=O)N1CCc2ccccc2C1CC(=O)Nc1cccc(C(=O)N2CCOCC2)c1C. The fraction of sp³-hybridized carbons (Fsp3) is 0.400. The van der Waals surface area contributed by atoms with Crippen LogP contribution in [0.3, 0.4) is 0 Å². The molecule has 168 valence electrons. The number of morpholine rings is 1. The van der Waals surface area contributed by atoms with Crippen LogP contribution < -0.4 is 5.32 Å². The molecule has 1 N–H and O–H groups in total. The molecule has 1 unspecified atom stereocenters. The van der Waals surface area contributed by atoms with E-state index < -0.39 is 0 Å². The Balaban J connectivity index is 1.52. The van der Waals surface area contributed by atoms with Crippen molar-refractivity contribution in [2.24, 2.45) is 0 Å². The van der Waals surface area contributed by atoms with Gasteiger partial charge in [-0.05, 0) is 42.2 Å². The maximum Gasteiger partial charge on any atom is 0.254 e. The van der Waals surface area contributed by atoms with Crippen molar-refractivity contribution >= 4 is 23.4 Å². The van der Waals surface area contributed by atoms with E-state index in [0.29, 0.717) is 44.1 Å². The van der Waals surface area contributed by atoms with E-state index in [1.54, 1.807) is 34.9 Å². The van der Waals surface area contributed by atoms with E-state index in [0.717, 1.165) is 17.5 Å². The highest BCUT2D eigenvalue weighted by molar-refractivity contribution is 5.99. The number of hydrogen-bond donors (Lipinski definition) is 1. The first-order chi connectivity index (χ1) is 15.5. The molecule has 2 aliphatic rings. The largest absolute Gasteiger partial charge is 0.378 e. The van der Waals surface area contributed by atoms with E-state index in [9.17, 15) is 14.4 Å². The maximum absolute atomic E-state index is 13.0. The van der Waals surface area contributed by atoms with Gasteiger partial charge in [-0.15, -0.1) is 0 Å². The van der Waals surface area contributed by atoms with E-state index in [2.05, 4.69) is 11.4 Å². The van der Waals surface area contributed by atoms with Crippen LogP contribution in [0.25, 0.3) is 0 Å². The first-order valence-corrected chi connectivity index (χ1v) is 11.1. The number of nitrogens with one attached hydrogen (secondary N) is 1. The van der Waals surface area contributed by atoms with Crippen LogP contribution in [-0.2, 0) is 20.7 Å². The molecular formula is C25H29N3O4. The molecule has 0 radical (unpaired) electrons. The molecule has 1 fully saturated rings. The second-order valence-corrected chi connectivity index (χ2v) is 8.31. The van der Waals surface area contributed by atoms with Gasteiger partial charge in [-0.25, -0.2) is 0 Å². The number of carbonyl (C=O) groups excluding carboxylic acids is 3. The van der Waals surface area contributed by atoms with Gasteiger partial charge in [-0.2, -0.15) is 0 Å². The Bertz CT molecular complexity index is 1030. The molecule has 2 heterocycles. The Morgan fingerprint density at radius 2 is 1.78 bits per heavy atom. The lowest BCUT2D eigenvalue weighted by Gasteiger charge is -2.36. The number of nitrogens with zero attached hydrogens (tertiary/aromatic N) is 2. The number of rotatable bonds is 4. The minimum absolute atomic E-state index is 0.0356. The first kappa shape index (κ1) is 22.0. The lowest BCUT2D eigenvalue weighted by Crippen LogP contribution is -2.41. The third-order valence-corrected chi connectivity index (χ3v) is 6.33. The van der Waals surface area contributed by atoms with Gasteiger partial charge in [0.05, 0.1) is 25.7 Å². The summed E-state index contributed by atoms with van der Waals surface area (Å²) < 4.78 is 5.34. The van der Waals surface area contributed by atoms with Gasteiger partial charge in [-0.1, -0.05) is 30.3 Å². The average Bonchev–Trinajstić information content (AvgIpc) is 2.80. The van der Waals surface area contributed by atoms with Crippen LogP contribution in [0.15, 0.2) is 42.5 Å². The van der Waals surface area contributed by atoms with E-state index in [1.165, 1.54) is 5.56 Å². The van der Waals surface area contributed by atoms with Crippen LogP contribution >= 0.6 is 0 Å². The van der Waals surface area contributed by atoms with Crippen LogP contribution in [-0.4, -0.2) is 60.4 Å². The number of benzene rings is 2. The summed E-state index contributed by atoms with van der Waals surface area (Å²) in [6.45, 7) is 6.21. The topological polar surface area (TPSA) is 79.0 Å². The van der Waals surface area contributed by atoms with E-state index in [4.69, 9.17) is 4.74 Å². The number of fused-ring (bicyclic) bond motifs is 1. The van der Waals surface area contributed by atoms with Gasteiger partial charge in [0.25, 0.3) is 5.91 Å². The molecule has 0 aliphatic carbocycles.